The Morgan fingerprint density at radius 3 is 2.60 bits per heavy atom. The summed E-state index contributed by atoms with van der Waals surface area (Å²) in [4.78, 5) is 10.5. The van der Waals surface area contributed by atoms with E-state index in [9.17, 15) is 4.79 Å². The zero-order valence-electron chi connectivity index (χ0n) is 16.7. The number of carbonyl (C=O) groups is 1. The van der Waals surface area contributed by atoms with Gasteiger partial charge in [0.1, 0.15) is 0 Å². The van der Waals surface area contributed by atoms with Crippen molar-refractivity contribution in [2.45, 2.75) is 97.3 Å². The Kier molecular flexibility index (Phi) is 10.8. The molecule has 0 bridgehead atoms. The van der Waals surface area contributed by atoms with Gasteiger partial charge in [-0.05, 0) is 69.1 Å². The third-order valence-electron chi connectivity index (χ3n) is 5.90. The van der Waals surface area contributed by atoms with E-state index >= 15 is 0 Å². The van der Waals surface area contributed by atoms with Crippen molar-refractivity contribution in [3.63, 3.8) is 0 Å². The van der Waals surface area contributed by atoms with Gasteiger partial charge in [-0.2, -0.15) is 0 Å². The summed E-state index contributed by atoms with van der Waals surface area (Å²) >= 11 is 0. The van der Waals surface area contributed by atoms with Crippen LogP contribution in [-0.2, 0) is 4.79 Å². The van der Waals surface area contributed by atoms with Crippen molar-refractivity contribution >= 4 is 5.97 Å². The van der Waals surface area contributed by atoms with Crippen molar-refractivity contribution in [1.82, 2.24) is 0 Å². The van der Waals surface area contributed by atoms with Crippen LogP contribution in [0.5, 0.6) is 0 Å². The maximum Gasteiger partial charge on any atom is 0.303 e. The topological polar surface area (TPSA) is 37.3 Å². The summed E-state index contributed by atoms with van der Waals surface area (Å²) in [6, 6.07) is 0. The molecule has 0 radical (unpaired) electrons. The highest BCUT2D eigenvalue weighted by atomic mass is 16.4. The summed E-state index contributed by atoms with van der Waals surface area (Å²) in [6.07, 6.45) is 14.6. The van der Waals surface area contributed by atoms with Crippen LogP contribution in [0, 0.1) is 17.8 Å². The quantitative estimate of drug-likeness (QED) is 0.267. The first-order chi connectivity index (χ1) is 11.9. The summed E-state index contributed by atoms with van der Waals surface area (Å²) in [7, 11) is 0. The van der Waals surface area contributed by atoms with Crippen LogP contribution in [0.4, 0.5) is 0 Å². The molecular formula is C23H40O2. The lowest BCUT2D eigenvalue weighted by molar-refractivity contribution is -0.137. The highest BCUT2D eigenvalue weighted by molar-refractivity contribution is 5.66. The van der Waals surface area contributed by atoms with Gasteiger partial charge < -0.3 is 5.11 Å². The standard InChI is InChI=1S/C23H40O2/c1-5-10-18(2)13-14-19(3)17-22-20(4)15-16-21(22)11-8-6-7-9-12-23(24)25/h19,21-22H,2,4-17H2,1,3H3,(H,24,25)/t19?,21-,22-/m0/s1. The maximum absolute atomic E-state index is 10.5. The Balaban J connectivity index is 2.27. The van der Waals surface area contributed by atoms with Gasteiger partial charge in [0.05, 0.1) is 0 Å². The van der Waals surface area contributed by atoms with E-state index in [1.165, 1.54) is 75.4 Å². The van der Waals surface area contributed by atoms with Crippen molar-refractivity contribution in [2.24, 2.45) is 17.8 Å². The summed E-state index contributed by atoms with van der Waals surface area (Å²) < 4.78 is 0. The lowest BCUT2D eigenvalue weighted by Crippen LogP contribution is -2.13. The van der Waals surface area contributed by atoms with E-state index in [-0.39, 0.29) is 0 Å². The predicted molar refractivity (Wildman–Crippen MR) is 108 cm³/mol. The minimum atomic E-state index is -0.664. The monoisotopic (exact) mass is 348 g/mol. The second-order valence-corrected chi connectivity index (χ2v) is 8.29. The molecule has 0 heterocycles. The summed E-state index contributed by atoms with van der Waals surface area (Å²) in [6.45, 7) is 13.2. The molecule has 1 rings (SSSR count). The molecule has 0 saturated heterocycles. The number of aliphatic carboxylic acids is 1. The van der Waals surface area contributed by atoms with Crippen LogP contribution >= 0.6 is 0 Å². The van der Waals surface area contributed by atoms with Crippen LogP contribution in [0.15, 0.2) is 24.3 Å². The Morgan fingerprint density at radius 1 is 1.20 bits per heavy atom. The van der Waals surface area contributed by atoms with Crippen LogP contribution in [-0.4, -0.2) is 11.1 Å². The van der Waals surface area contributed by atoms with Gasteiger partial charge in [-0.25, -0.2) is 0 Å². The van der Waals surface area contributed by atoms with Crippen molar-refractivity contribution in [3.05, 3.63) is 24.3 Å². The molecule has 1 aliphatic carbocycles. The molecule has 0 spiro atoms. The number of hydrogen-bond donors (Lipinski definition) is 1. The van der Waals surface area contributed by atoms with Gasteiger partial charge in [0.2, 0.25) is 0 Å². The molecule has 1 aliphatic rings. The summed E-state index contributed by atoms with van der Waals surface area (Å²) in [5.74, 6) is 1.62. The Labute approximate surface area is 155 Å². The molecule has 0 aromatic rings. The zero-order chi connectivity index (χ0) is 18.7. The molecular weight excluding hydrogens is 308 g/mol. The normalized spacial score (nSPS) is 21.4. The number of carboxylic acid groups (broad SMARTS) is 1. The number of hydrogen-bond acceptors (Lipinski definition) is 1. The van der Waals surface area contributed by atoms with Crippen LogP contribution in [0.2, 0.25) is 0 Å². The molecule has 0 amide bonds. The SMILES string of the molecule is C=C(CCC)CCC(C)C[C@H]1C(=C)CC[C@@H]1CCCCCCC(=O)O. The van der Waals surface area contributed by atoms with Crippen molar-refractivity contribution < 1.29 is 9.90 Å². The second kappa shape index (κ2) is 12.3. The molecule has 144 valence electrons. The van der Waals surface area contributed by atoms with E-state index in [0.29, 0.717) is 12.3 Å². The molecule has 1 saturated carbocycles. The van der Waals surface area contributed by atoms with Crippen LogP contribution in [0.3, 0.4) is 0 Å². The fourth-order valence-electron chi connectivity index (χ4n) is 4.31. The highest BCUT2D eigenvalue weighted by Gasteiger charge is 2.30. The lowest BCUT2D eigenvalue weighted by Gasteiger charge is -2.24. The van der Waals surface area contributed by atoms with E-state index in [1.54, 1.807) is 0 Å². The molecule has 1 fully saturated rings. The first-order valence-electron chi connectivity index (χ1n) is 10.5. The van der Waals surface area contributed by atoms with Gasteiger partial charge in [-0.1, -0.05) is 63.8 Å². The fourth-order valence-corrected chi connectivity index (χ4v) is 4.31. The molecule has 2 nitrogen and oxygen atoms in total. The van der Waals surface area contributed by atoms with Crippen molar-refractivity contribution in [3.8, 4) is 0 Å². The summed E-state index contributed by atoms with van der Waals surface area (Å²) in [5, 5.41) is 8.68. The number of rotatable bonds is 14. The Morgan fingerprint density at radius 2 is 1.92 bits per heavy atom. The van der Waals surface area contributed by atoms with Gasteiger partial charge in [0.15, 0.2) is 0 Å². The van der Waals surface area contributed by atoms with Crippen LogP contribution in [0.1, 0.15) is 97.3 Å². The lowest BCUT2D eigenvalue weighted by atomic mass is 9.81. The minimum Gasteiger partial charge on any atom is -0.481 e. The van der Waals surface area contributed by atoms with Gasteiger partial charge in [0.25, 0.3) is 0 Å². The van der Waals surface area contributed by atoms with E-state index in [4.69, 9.17) is 5.11 Å². The first-order valence-corrected chi connectivity index (χ1v) is 10.5. The second-order valence-electron chi connectivity index (χ2n) is 8.29. The number of allylic oxidation sites excluding steroid dienone is 2. The van der Waals surface area contributed by atoms with Gasteiger partial charge in [-0.15, -0.1) is 0 Å². The van der Waals surface area contributed by atoms with E-state index in [0.717, 1.165) is 24.7 Å². The minimum absolute atomic E-state index is 0.323. The Bertz CT molecular complexity index is 424. The molecule has 2 heteroatoms. The molecule has 3 atom stereocenters. The van der Waals surface area contributed by atoms with E-state index in [2.05, 4.69) is 27.0 Å². The fraction of sp³-hybridized carbons (Fsp3) is 0.783. The van der Waals surface area contributed by atoms with Crippen LogP contribution < -0.4 is 0 Å². The predicted octanol–water partition coefficient (Wildman–Crippen LogP) is 7.16. The van der Waals surface area contributed by atoms with Gasteiger partial charge in [0, 0.05) is 6.42 Å². The first kappa shape index (κ1) is 22.0. The van der Waals surface area contributed by atoms with Gasteiger partial charge >= 0.3 is 5.97 Å². The largest absolute Gasteiger partial charge is 0.481 e. The molecule has 0 aliphatic heterocycles. The number of carboxylic acids is 1. The average molecular weight is 349 g/mol. The third-order valence-corrected chi connectivity index (χ3v) is 5.90. The maximum atomic E-state index is 10.5. The molecule has 0 aromatic carbocycles. The molecule has 25 heavy (non-hydrogen) atoms. The van der Waals surface area contributed by atoms with Crippen molar-refractivity contribution in [2.75, 3.05) is 0 Å². The smallest absolute Gasteiger partial charge is 0.303 e. The third kappa shape index (κ3) is 9.28. The average Bonchev–Trinajstić information content (AvgIpc) is 2.89. The van der Waals surface area contributed by atoms with E-state index in [1.807, 2.05) is 0 Å². The van der Waals surface area contributed by atoms with Crippen LogP contribution in [0.25, 0.3) is 0 Å². The van der Waals surface area contributed by atoms with E-state index < -0.39 is 5.97 Å². The van der Waals surface area contributed by atoms with Crippen molar-refractivity contribution in [1.29, 1.82) is 0 Å². The molecule has 1 unspecified atom stereocenters. The Hall–Kier alpha value is -1.05. The molecule has 0 aromatic heterocycles. The summed E-state index contributed by atoms with van der Waals surface area (Å²) in [5.41, 5.74) is 2.90. The molecule has 1 N–H and O–H groups in total. The zero-order valence-corrected chi connectivity index (χ0v) is 16.7. The number of unbranched alkanes of at least 4 members (excludes halogenated alkanes) is 3. The van der Waals surface area contributed by atoms with Gasteiger partial charge in [-0.3, -0.25) is 4.79 Å². The highest BCUT2D eigenvalue weighted by Crippen LogP contribution is 2.42.